The summed E-state index contributed by atoms with van der Waals surface area (Å²) in [4.78, 5) is 26.6. The first kappa shape index (κ1) is 21.6. The fourth-order valence-electron chi connectivity index (χ4n) is 3.50. The van der Waals surface area contributed by atoms with Crippen molar-refractivity contribution in [3.05, 3.63) is 65.2 Å². The Kier molecular flexibility index (Phi) is 7.30. The van der Waals surface area contributed by atoms with Crippen LogP contribution in [-0.2, 0) is 17.8 Å². The molecule has 0 bridgehead atoms. The van der Waals surface area contributed by atoms with Crippen LogP contribution in [0.15, 0.2) is 48.5 Å². The number of carbonyl (C=O) groups is 2. The summed E-state index contributed by atoms with van der Waals surface area (Å²) in [5.74, 6) is 0.762. The molecule has 1 heterocycles. The van der Waals surface area contributed by atoms with Crippen LogP contribution >= 0.6 is 0 Å². The zero-order chi connectivity index (χ0) is 21.5. The molecule has 0 spiro atoms. The summed E-state index contributed by atoms with van der Waals surface area (Å²) in [6, 6.07) is 14.6. The van der Waals surface area contributed by atoms with Crippen molar-refractivity contribution in [3.8, 4) is 5.75 Å². The highest BCUT2D eigenvalue weighted by Gasteiger charge is 2.26. The van der Waals surface area contributed by atoms with Gasteiger partial charge in [-0.3, -0.25) is 4.79 Å². The second-order valence-electron chi connectivity index (χ2n) is 7.55. The van der Waals surface area contributed by atoms with Crippen molar-refractivity contribution >= 4 is 11.9 Å². The van der Waals surface area contributed by atoms with E-state index in [-0.39, 0.29) is 24.1 Å². The second-order valence-corrected chi connectivity index (χ2v) is 7.55. The van der Waals surface area contributed by atoms with E-state index in [2.05, 4.69) is 10.6 Å². The fraction of sp³-hybridized carbons (Fsp3) is 0.391. The molecule has 1 aliphatic rings. The Bertz CT molecular complexity index is 859. The largest absolute Gasteiger partial charge is 0.497 e. The Labute approximate surface area is 177 Å². The molecule has 1 saturated heterocycles. The highest BCUT2D eigenvalue weighted by atomic mass is 16.5. The van der Waals surface area contributed by atoms with Crippen molar-refractivity contribution in [1.82, 2.24) is 15.5 Å². The van der Waals surface area contributed by atoms with Gasteiger partial charge in [0.15, 0.2) is 0 Å². The monoisotopic (exact) mass is 411 g/mol. The van der Waals surface area contributed by atoms with Crippen LogP contribution in [-0.4, -0.2) is 49.2 Å². The lowest BCUT2D eigenvalue weighted by Gasteiger charge is -2.35. The molecule has 1 fully saturated rings. The molecular weight excluding hydrogens is 382 g/mol. The summed E-state index contributed by atoms with van der Waals surface area (Å²) in [6.07, 6.45) is 0.0771. The lowest BCUT2D eigenvalue weighted by molar-refractivity contribution is -0.0586. The number of amides is 3. The zero-order valence-electron chi connectivity index (χ0n) is 17.7. The lowest BCUT2D eigenvalue weighted by atomic mass is 10.1. The molecule has 3 amide bonds. The van der Waals surface area contributed by atoms with Gasteiger partial charge in [0.2, 0.25) is 0 Å². The van der Waals surface area contributed by atoms with E-state index in [9.17, 15) is 9.59 Å². The topological polar surface area (TPSA) is 79.9 Å². The first-order valence-corrected chi connectivity index (χ1v) is 10.1. The number of carbonyl (C=O) groups excluding carboxylic acids is 2. The van der Waals surface area contributed by atoms with Crippen molar-refractivity contribution in [1.29, 1.82) is 0 Å². The molecular formula is C23H29N3O4. The quantitative estimate of drug-likeness (QED) is 0.766. The Morgan fingerprint density at radius 1 is 1.00 bits per heavy atom. The third-order valence-corrected chi connectivity index (χ3v) is 4.95. The summed E-state index contributed by atoms with van der Waals surface area (Å²) >= 11 is 0. The zero-order valence-corrected chi connectivity index (χ0v) is 17.7. The molecule has 0 aliphatic carbocycles. The molecule has 0 saturated carbocycles. The van der Waals surface area contributed by atoms with Crippen molar-refractivity contribution in [2.45, 2.75) is 39.1 Å². The number of morpholine rings is 1. The Morgan fingerprint density at radius 3 is 2.27 bits per heavy atom. The average Bonchev–Trinajstić information content (AvgIpc) is 2.75. The van der Waals surface area contributed by atoms with Gasteiger partial charge in [0.1, 0.15) is 5.75 Å². The first-order valence-electron chi connectivity index (χ1n) is 10.1. The molecule has 0 aromatic heterocycles. The van der Waals surface area contributed by atoms with Gasteiger partial charge < -0.3 is 25.0 Å². The highest BCUT2D eigenvalue weighted by molar-refractivity contribution is 5.94. The molecule has 30 heavy (non-hydrogen) atoms. The van der Waals surface area contributed by atoms with Gasteiger partial charge in [-0.25, -0.2) is 4.79 Å². The molecule has 2 unspecified atom stereocenters. The average molecular weight is 412 g/mol. The molecule has 0 radical (unpaired) electrons. The van der Waals surface area contributed by atoms with Crippen LogP contribution in [0, 0.1) is 0 Å². The Balaban J connectivity index is 1.47. The molecule has 3 rings (SSSR count). The first-order chi connectivity index (χ1) is 14.4. The normalized spacial score (nSPS) is 18.6. The Hall–Kier alpha value is -3.06. The molecule has 2 atom stereocenters. The van der Waals surface area contributed by atoms with Crippen LogP contribution in [0.2, 0.25) is 0 Å². The van der Waals surface area contributed by atoms with Crippen molar-refractivity contribution in [3.63, 3.8) is 0 Å². The minimum Gasteiger partial charge on any atom is -0.497 e. The molecule has 160 valence electrons. The maximum absolute atomic E-state index is 12.7. The predicted molar refractivity (Wildman–Crippen MR) is 114 cm³/mol. The fourth-order valence-corrected chi connectivity index (χ4v) is 3.50. The Morgan fingerprint density at radius 2 is 1.63 bits per heavy atom. The van der Waals surface area contributed by atoms with Gasteiger partial charge in [-0.1, -0.05) is 24.3 Å². The number of benzene rings is 2. The van der Waals surface area contributed by atoms with Crippen LogP contribution < -0.4 is 15.4 Å². The van der Waals surface area contributed by atoms with E-state index in [4.69, 9.17) is 9.47 Å². The molecule has 2 aromatic rings. The van der Waals surface area contributed by atoms with Gasteiger partial charge in [0.05, 0.1) is 19.3 Å². The van der Waals surface area contributed by atoms with Gasteiger partial charge in [-0.05, 0) is 49.2 Å². The number of nitrogens with one attached hydrogen (secondary N) is 2. The van der Waals surface area contributed by atoms with Gasteiger partial charge in [0, 0.05) is 31.7 Å². The van der Waals surface area contributed by atoms with E-state index < -0.39 is 0 Å². The van der Waals surface area contributed by atoms with E-state index >= 15 is 0 Å². The van der Waals surface area contributed by atoms with Crippen molar-refractivity contribution < 1.29 is 19.1 Å². The minimum absolute atomic E-state index is 0.00698. The van der Waals surface area contributed by atoms with E-state index in [1.807, 2.05) is 55.1 Å². The van der Waals surface area contributed by atoms with Crippen LogP contribution in [0.1, 0.15) is 35.3 Å². The smallest absolute Gasteiger partial charge is 0.315 e. The third-order valence-electron chi connectivity index (χ3n) is 4.95. The minimum atomic E-state index is -0.255. The van der Waals surface area contributed by atoms with Crippen LogP contribution in [0.4, 0.5) is 4.79 Å². The summed E-state index contributed by atoms with van der Waals surface area (Å²) in [5, 5.41) is 5.65. The predicted octanol–water partition coefficient (Wildman–Crippen LogP) is 2.94. The van der Waals surface area contributed by atoms with Gasteiger partial charge >= 0.3 is 6.03 Å². The molecule has 7 nitrogen and oxygen atoms in total. The van der Waals surface area contributed by atoms with E-state index in [1.54, 1.807) is 19.2 Å². The number of hydrogen-bond acceptors (Lipinski definition) is 4. The maximum Gasteiger partial charge on any atom is 0.315 e. The third kappa shape index (κ3) is 5.97. The maximum atomic E-state index is 12.7. The number of nitrogens with zero attached hydrogens (tertiary/aromatic N) is 1. The molecule has 1 aliphatic heterocycles. The van der Waals surface area contributed by atoms with E-state index in [0.29, 0.717) is 31.7 Å². The van der Waals surface area contributed by atoms with Gasteiger partial charge in [-0.2, -0.15) is 0 Å². The molecule has 2 N–H and O–H groups in total. The number of ether oxygens (including phenoxy) is 2. The SMILES string of the molecule is COc1cccc(CNC(=O)NCc2ccc(C(=O)N3CC(C)OC(C)C3)cc2)c1. The van der Waals surface area contributed by atoms with Gasteiger partial charge in [0.25, 0.3) is 5.91 Å². The highest BCUT2D eigenvalue weighted by Crippen LogP contribution is 2.15. The summed E-state index contributed by atoms with van der Waals surface area (Å²) in [6.45, 7) is 5.94. The number of methoxy groups -OCH3 is 1. The van der Waals surface area contributed by atoms with Crippen molar-refractivity contribution in [2.75, 3.05) is 20.2 Å². The summed E-state index contributed by atoms with van der Waals surface area (Å²) in [5.41, 5.74) is 2.52. The van der Waals surface area contributed by atoms with Crippen molar-refractivity contribution in [2.24, 2.45) is 0 Å². The van der Waals surface area contributed by atoms with Gasteiger partial charge in [-0.15, -0.1) is 0 Å². The van der Waals surface area contributed by atoms with E-state index in [1.165, 1.54) is 0 Å². The number of urea groups is 1. The van der Waals surface area contributed by atoms with E-state index in [0.717, 1.165) is 16.9 Å². The molecule has 2 aromatic carbocycles. The number of hydrogen-bond donors (Lipinski definition) is 2. The second kappa shape index (κ2) is 10.1. The number of rotatable bonds is 6. The molecule has 7 heteroatoms. The van der Waals surface area contributed by atoms with Crippen LogP contribution in [0.3, 0.4) is 0 Å². The standard InChI is InChI=1S/C23H29N3O4/c1-16-14-26(15-17(2)30-16)22(27)20-9-7-18(8-10-20)12-24-23(28)25-13-19-5-4-6-21(11-19)29-3/h4-11,16-17H,12-15H2,1-3H3,(H2,24,25,28). The lowest BCUT2D eigenvalue weighted by Crippen LogP contribution is -2.48. The summed E-state index contributed by atoms with van der Waals surface area (Å²) in [7, 11) is 1.61. The van der Waals surface area contributed by atoms with Crippen LogP contribution in [0.25, 0.3) is 0 Å². The van der Waals surface area contributed by atoms with Crippen LogP contribution in [0.5, 0.6) is 5.75 Å². The summed E-state index contributed by atoms with van der Waals surface area (Å²) < 4.78 is 10.9.